The molecule has 1 saturated carbocycles. The predicted octanol–water partition coefficient (Wildman–Crippen LogP) is 3.58. The van der Waals surface area contributed by atoms with Gasteiger partial charge in [0.05, 0.1) is 0 Å². The second-order valence-corrected chi connectivity index (χ2v) is 7.96. The number of carbonyl (C=O) groups is 1. The highest BCUT2D eigenvalue weighted by atomic mass is 16.1. The molecule has 0 aliphatic heterocycles. The fraction of sp³-hybridized carbons (Fsp3) is 0.476. The number of primary amides is 1. The molecule has 2 atom stereocenters. The molecular weight excluding hydrogens is 352 g/mol. The molecule has 0 saturated heterocycles. The van der Waals surface area contributed by atoms with Crippen molar-refractivity contribution < 1.29 is 4.79 Å². The third-order valence-corrected chi connectivity index (χ3v) is 4.14. The van der Waals surface area contributed by atoms with E-state index in [1.165, 1.54) is 6.20 Å². The molecule has 1 fully saturated rings. The van der Waals surface area contributed by atoms with Gasteiger partial charge in [-0.1, -0.05) is 32.9 Å². The summed E-state index contributed by atoms with van der Waals surface area (Å²) in [6, 6.07) is 8.28. The molecule has 7 heteroatoms. The molecule has 6 N–H and O–H groups in total. The normalized spacial score (nSPS) is 18.4. The number of hydrogen-bond acceptors (Lipinski definition) is 6. The molecule has 1 aliphatic carbocycles. The van der Waals surface area contributed by atoms with Crippen LogP contribution in [0.3, 0.4) is 0 Å². The molecule has 7 nitrogen and oxygen atoms in total. The zero-order valence-corrected chi connectivity index (χ0v) is 17.2. The maximum Gasteiger partial charge on any atom is 0.254 e. The van der Waals surface area contributed by atoms with Gasteiger partial charge in [-0.3, -0.25) is 4.79 Å². The standard InChI is InChI=1S/C17H22N6O.C4H10/c1-10-3-2-4-12(7-10)21-16-14(15(19)24)9-20-17(23-16)22-13-6-5-11(18)8-13;1-4(2)3/h2-4,7,9,11,13H,5-6,8,18H2,1H3,(H2,19,24)(H2,20,21,22,23);4H,1-3H3. The monoisotopic (exact) mass is 384 g/mol. The first-order chi connectivity index (χ1) is 13.2. The van der Waals surface area contributed by atoms with Crippen LogP contribution in [0.15, 0.2) is 30.5 Å². The summed E-state index contributed by atoms with van der Waals surface area (Å²) in [5.74, 6) is 1.13. The molecule has 2 unspecified atom stereocenters. The number of nitrogens with one attached hydrogen (secondary N) is 2. The van der Waals surface area contributed by atoms with Gasteiger partial charge in [0.15, 0.2) is 0 Å². The van der Waals surface area contributed by atoms with Gasteiger partial charge in [-0.05, 0) is 49.8 Å². The minimum Gasteiger partial charge on any atom is -0.365 e. The van der Waals surface area contributed by atoms with Gasteiger partial charge < -0.3 is 22.1 Å². The van der Waals surface area contributed by atoms with Gasteiger partial charge >= 0.3 is 0 Å². The topological polar surface area (TPSA) is 119 Å². The molecule has 0 bridgehead atoms. The summed E-state index contributed by atoms with van der Waals surface area (Å²) in [5.41, 5.74) is 13.6. The first kappa shape index (κ1) is 21.6. The predicted molar refractivity (Wildman–Crippen MR) is 115 cm³/mol. The summed E-state index contributed by atoms with van der Waals surface area (Å²) in [4.78, 5) is 20.3. The number of hydrogen-bond donors (Lipinski definition) is 4. The molecule has 1 aromatic heterocycles. The van der Waals surface area contributed by atoms with Gasteiger partial charge in [0, 0.05) is 24.0 Å². The van der Waals surface area contributed by atoms with Crippen LogP contribution in [0.4, 0.5) is 17.5 Å². The second kappa shape index (κ2) is 10.0. The first-order valence-corrected chi connectivity index (χ1v) is 9.77. The van der Waals surface area contributed by atoms with E-state index < -0.39 is 5.91 Å². The van der Waals surface area contributed by atoms with Crippen molar-refractivity contribution in [2.45, 2.75) is 59.0 Å². The molecule has 0 radical (unpaired) electrons. The van der Waals surface area contributed by atoms with Crippen LogP contribution in [0.2, 0.25) is 0 Å². The summed E-state index contributed by atoms with van der Waals surface area (Å²) in [6.45, 7) is 8.50. The number of anilines is 3. The van der Waals surface area contributed by atoms with E-state index in [0.717, 1.165) is 36.4 Å². The molecular formula is C21H32N6O. The number of benzene rings is 1. The Morgan fingerprint density at radius 2 is 1.96 bits per heavy atom. The lowest BCUT2D eigenvalue weighted by atomic mass is 10.2. The Labute approximate surface area is 167 Å². The lowest BCUT2D eigenvalue weighted by molar-refractivity contribution is 0.100. The van der Waals surface area contributed by atoms with Crippen LogP contribution in [0.1, 0.15) is 56.0 Å². The molecule has 0 spiro atoms. The highest BCUT2D eigenvalue weighted by molar-refractivity contribution is 5.98. The van der Waals surface area contributed by atoms with Crippen LogP contribution in [-0.2, 0) is 0 Å². The van der Waals surface area contributed by atoms with Crippen molar-refractivity contribution in [1.29, 1.82) is 0 Å². The van der Waals surface area contributed by atoms with Gasteiger partial charge in [-0.25, -0.2) is 4.98 Å². The van der Waals surface area contributed by atoms with Crippen molar-refractivity contribution >= 4 is 23.4 Å². The van der Waals surface area contributed by atoms with Crippen LogP contribution in [0, 0.1) is 12.8 Å². The highest BCUT2D eigenvalue weighted by Crippen LogP contribution is 2.23. The largest absolute Gasteiger partial charge is 0.365 e. The average Bonchev–Trinajstić information content (AvgIpc) is 2.99. The van der Waals surface area contributed by atoms with Crippen molar-refractivity contribution in [1.82, 2.24) is 9.97 Å². The molecule has 2 aromatic rings. The maximum absolute atomic E-state index is 11.6. The zero-order valence-electron chi connectivity index (χ0n) is 17.2. The Bertz CT molecular complexity index is 789. The number of aryl methyl sites for hydroxylation is 1. The Kier molecular flexibility index (Phi) is 7.75. The minimum absolute atomic E-state index is 0.220. The second-order valence-electron chi connectivity index (χ2n) is 7.96. The minimum atomic E-state index is -0.570. The molecule has 1 amide bonds. The van der Waals surface area contributed by atoms with Crippen LogP contribution in [-0.4, -0.2) is 28.0 Å². The van der Waals surface area contributed by atoms with E-state index in [0.29, 0.717) is 11.8 Å². The van der Waals surface area contributed by atoms with E-state index in [-0.39, 0.29) is 17.6 Å². The van der Waals surface area contributed by atoms with Crippen LogP contribution >= 0.6 is 0 Å². The van der Waals surface area contributed by atoms with Gasteiger partial charge in [0.25, 0.3) is 5.91 Å². The molecule has 152 valence electrons. The van der Waals surface area contributed by atoms with Crippen LogP contribution in [0.5, 0.6) is 0 Å². The van der Waals surface area contributed by atoms with E-state index in [4.69, 9.17) is 11.5 Å². The van der Waals surface area contributed by atoms with Gasteiger partial charge in [-0.15, -0.1) is 0 Å². The smallest absolute Gasteiger partial charge is 0.254 e. The number of nitrogens with zero attached hydrogens (tertiary/aromatic N) is 2. The van der Waals surface area contributed by atoms with Crippen LogP contribution < -0.4 is 22.1 Å². The summed E-state index contributed by atoms with van der Waals surface area (Å²) in [5, 5.41) is 6.43. The fourth-order valence-electron chi connectivity index (χ4n) is 2.92. The van der Waals surface area contributed by atoms with Crippen LogP contribution in [0.25, 0.3) is 0 Å². The van der Waals surface area contributed by atoms with E-state index in [1.54, 1.807) is 0 Å². The Morgan fingerprint density at radius 3 is 2.54 bits per heavy atom. The molecule has 3 rings (SSSR count). The Balaban J connectivity index is 0.000000640. The fourth-order valence-corrected chi connectivity index (χ4v) is 2.92. The maximum atomic E-state index is 11.6. The Hall–Kier alpha value is -2.67. The summed E-state index contributed by atoms with van der Waals surface area (Å²) < 4.78 is 0. The SMILES string of the molecule is CC(C)C.Cc1cccc(Nc2nc(NC3CCC(N)C3)ncc2C(N)=O)c1. The first-order valence-electron chi connectivity index (χ1n) is 9.77. The van der Waals surface area contributed by atoms with Gasteiger partial charge in [-0.2, -0.15) is 4.98 Å². The summed E-state index contributed by atoms with van der Waals surface area (Å²) >= 11 is 0. The quantitative estimate of drug-likeness (QED) is 0.625. The Morgan fingerprint density at radius 1 is 1.25 bits per heavy atom. The van der Waals surface area contributed by atoms with E-state index in [2.05, 4.69) is 41.4 Å². The number of amides is 1. The highest BCUT2D eigenvalue weighted by Gasteiger charge is 2.22. The number of rotatable bonds is 5. The lowest BCUT2D eigenvalue weighted by Gasteiger charge is -2.15. The number of carbonyl (C=O) groups excluding carboxylic acids is 1. The molecule has 1 aromatic carbocycles. The van der Waals surface area contributed by atoms with Gasteiger partial charge in [0.2, 0.25) is 5.95 Å². The molecule has 1 heterocycles. The molecule has 28 heavy (non-hydrogen) atoms. The van der Waals surface area contributed by atoms with E-state index >= 15 is 0 Å². The van der Waals surface area contributed by atoms with E-state index in [1.807, 2.05) is 31.2 Å². The summed E-state index contributed by atoms with van der Waals surface area (Å²) in [7, 11) is 0. The summed E-state index contributed by atoms with van der Waals surface area (Å²) in [6.07, 6.45) is 4.32. The van der Waals surface area contributed by atoms with Crippen molar-refractivity contribution in [3.05, 3.63) is 41.6 Å². The van der Waals surface area contributed by atoms with Crippen molar-refractivity contribution in [2.24, 2.45) is 17.4 Å². The molecule has 1 aliphatic rings. The third kappa shape index (κ3) is 6.81. The lowest BCUT2D eigenvalue weighted by Crippen LogP contribution is -2.22. The van der Waals surface area contributed by atoms with E-state index in [9.17, 15) is 4.79 Å². The third-order valence-electron chi connectivity index (χ3n) is 4.14. The van der Waals surface area contributed by atoms with Crippen molar-refractivity contribution in [3.63, 3.8) is 0 Å². The van der Waals surface area contributed by atoms with Crippen molar-refractivity contribution in [3.8, 4) is 0 Å². The van der Waals surface area contributed by atoms with Crippen molar-refractivity contribution in [2.75, 3.05) is 10.6 Å². The number of aromatic nitrogens is 2. The average molecular weight is 385 g/mol. The zero-order chi connectivity index (χ0) is 20.7. The number of nitrogens with two attached hydrogens (primary N) is 2. The van der Waals surface area contributed by atoms with Gasteiger partial charge in [0.1, 0.15) is 11.4 Å².